The molecule has 2 aromatic rings. The molecule has 2 atom stereocenters. The molecule has 3 rings (SSSR count). The first-order chi connectivity index (χ1) is 12.2. The van der Waals surface area contributed by atoms with E-state index in [0.717, 1.165) is 24.8 Å². The van der Waals surface area contributed by atoms with Gasteiger partial charge in [-0.05, 0) is 36.3 Å². The lowest BCUT2D eigenvalue weighted by atomic mass is 9.95. The standard InChI is InChI=1S/C22H28BrNO/c1-19(21-12-6-3-7-13-21)16-24-15-9-8-14-22(24,18-23)25-17-20-10-4-2-5-11-20/h2-7,10-13,19H,8-9,14-18H2,1H3. The van der Waals surface area contributed by atoms with Gasteiger partial charge in [0.1, 0.15) is 5.72 Å². The van der Waals surface area contributed by atoms with Crippen LogP contribution in [0.15, 0.2) is 60.7 Å². The largest absolute Gasteiger partial charge is 0.355 e. The Bertz CT molecular complexity index is 633. The monoisotopic (exact) mass is 401 g/mol. The van der Waals surface area contributed by atoms with E-state index in [4.69, 9.17) is 4.74 Å². The molecule has 0 N–H and O–H groups in total. The molecule has 0 bridgehead atoms. The van der Waals surface area contributed by atoms with Gasteiger partial charge in [-0.3, -0.25) is 4.90 Å². The van der Waals surface area contributed by atoms with Gasteiger partial charge in [-0.15, -0.1) is 0 Å². The van der Waals surface area contributed by atoms with Gasteiger partial charge in [-0.1, -0.05) is 83.5 Å². The zero-order valence-electron chi connectivity index (χ0n) is 15.0. The summed E-state index contributed by atoms with van der Waals surface area (Å²) in [6, 6.07) is 21.3. The van der Waals surface area contributed by atoms with Crippen LogP contribution in [0.4, 0.5) is 0 Å². The SMILES string of the molecule is CC(CN1CCCCC1(CBr)OCc1ccccc1)c1ccccc1. The Labute approximate surface area is 160 Å². The Hall–Kier alpha value is -1.16. The van der Waals surface area contributed by atoms with E-state index < -0.39 is 0 Å². The maximum atomic E-state index is 6.53. The molecule has 0 spiro atoms. The Kier molecular flexibility index (Phi) is 6.69. The fraction of sp³-hybridized carbons (Fsp3) is 0.455. The van der Waals surface area contributed by atoms with Crippen LogP contribution in [-0.4, -0.2) is 29.0 Å². The van der Waals surface area contributed by atoms with Crippen molar-refractivity contribution in [2.24, 2.45) is 0 Å². The van der Waals surface area contributed by atoms with Crippen LogP contribution in [0.1, 0.15) is 43.2 Å². The van der Waals surface area contributed by atoms with Crippen molar-refractivity contribution in [2.75, 3.05) is 18.4 Å². The van der Waals surface area contributed by atoms with E-state index in [1.54, 1.807) is 0 Å². The molecule has 3 heteroatoms. The van der Waals surface area contributed by atoms with Crippen LogP contribution >= 0.6 is 15.9 Å². The highest BCUT2D eigenvalue weighted by Crippen LogP contribution is 2.34. The summed E-state index contributed by atoms with van der Waals surface area (Å²) >= 11 is 3.76. The molecule has 0 amide bonds. The molecule has 134 valence electrons. The predicted molar refractivity (Wildman–Crippen MR) is 108 cm³/mol. The highest BCUT2D eigenvalue weighted by Gasteiger charge is 2.39. The van der Waals surface area contributed by atoms with E-state index in [-0.39, 0.29) is 5.72 Å². The molecule has 1 saturated heterocycles. The molecule has 0 radical (unpaired) electrons. The number of halogens is 1. The summed E-state index contributed by atoms with van der Waals surface area (Å²) in [5.41, 5.74) is 2.45. The van der Waals surface area contributed by atoms with Crippen molar-refractivity contribution in [1.29, 1.82) is 0 Å². The van der Waals surface area contributed by atoms with E-state index in [9.17, 15) is 0 Å². The number of hydrogen-bond acceptors (Lipinski definition) is 2. The summed E-state index contributed by atoms with van der Waals surface area (Å²) in [6.45, 7) is 5.13. The number of likely N-dealkylation sites (tertiary alicyclic amines) is 1. The van der Waals surface area contributed by atoms with Crippen molar-refractivity contribution in [3.05, 3.63) is 71.8 Å². The fourth-order valence-electron chi connectivity index (χ4n) is 3.69. The molecule has 25 heavy (non-hydrogen) atoms. The first kappa shape index (κ1) is 18.6. The Morgan fingerprint density at radius 1 is 1.04 bits per heavy atom. The van der Waals surface area contributed by atoms with Gasteiger partial charge in [-0.25, -0.2) is 0 Å². The second kappa shape index (κ2) is 8.98. The third kappa shape index (κ3) is 4.72. The summed E-state index contributed by atoms with van der Waals surface area (Å²) in [4.78, 5) is 2.56. The van der Waals surface area contributed by atoms with Gasteiger partial charge in [0.2, 0.25) is 0 Å². The van der Waals surface area contributed by atoms with Gasteiger partial charge in [0, 0.05) is 18.4 Å². The molecule has 2 aromatic carbocycles. The van der Waals surface area contributed by atoms with Gasteiger partial charge >= 0.3 is 0 Å². The van der Waals surface area contributed by atoms with Crippen LogP contribution < -0.4 is 0 Å². The van der Waals surface area contributed by atoms with E-state index in [2.05, 4.69) is 88.4 Å². The Balaban J connectivity index is 1.71. The van der Waals surface area contributed by atoms with Crippen molar-refractivity contribution in [3.63, 3.8) is 0 Å². The molecule has 0 aromatic heterocycles. The molecule has 1 heterocycles. The van der Waals surface area contributed by atoms with Crippen molar-refractivity contribution in [2.45, 2.75) is 44.4 Å². The third-order valence-electron chi connectivity index (χ3n) is 5.24. The summed E-state index contributed by atoms with van der Waals surface area (Å²) in [5.74, 6) is 0.498. The summed E-state index contributed by atoms with van der Waals surface area (Å²) < 4.78 is 6.53. The lowest BCUT2D eigenvalue weighted by molar-refractivity contribution is -0.167. The average Bonchev–Trinajstić information content (AvgIpc) is 2.69. The van der Waals surface area contributed by atoms with Crippen LogP contribution in [0.5, 0.6) is 0 Å². The zero-order chi connectivity index (χ0) is 17.5. The third-order valence-corrected chi connectivity index (χ3v) is 6.12. The number of ether oxygens (including phenoxy) is 1. The quantitative estimate of drug-likeness (QED) is 0.561. The smallest absolute Gasteiger partial charge is 0.131 e. The zero-order valence-corrected chi connectivity index (χ0v) is 16.6. The van der Waals surface area contributed by atoms with Crippen LogP contribution in [0.25, 0.3) is 0 Å². The second-order valence-corrected chi connectivity index (χ2v) is 7.63. The van der Waals surface area contributed by atoms with Gasteiger partial charge in [0.25, 0.3) is 0 Å². The topological polar surface area (TPSA) is 12.5 Å². The number of piperidine rings is 1. The first-order valence-corrected chi connectivity index (χ1v) is 10.4. The van der Waals surface area contributed by atoms with Crippen LogP contribution in [0.2, 0.25) is 0 Å². The first-order valence-electron chi connectivity index (χ1n) is 9.27. The van der Waals surface area contributed by atoms with Crippen LogP contribution in [0, 0.1) is 0 Å². The van der Waals surface area contributed by atoms with E-state index in [1.165, 1.54) is 24.0 Å². The summed E-state index contributed by atoms with van der Waals surface area (Å²) in [6.07, 6.45) is 3.58. The number of benzene rings is 2. The van der Waals surface area contributed by atoms with E-state index in [1.807, 2.05) is 0 Å². The van der Waals surface area contributed by atoms with Crippen LogP contribution in [-0.2, 0) is 11.3 Å². The van der Waals surface area contributed by atoms with E-state index >= 15 is 0 Å². The number of hydrogen-bond donors (Lipinski definition) is 0. The Morgan fingerprint density at radius 2 is 1.72 bits per heavy atom. The number of nitrogens with zero attached hydrogens (tertiary/aromatic N) is 1. The summed E-state index contributed by atoms with van der Waals surface area (Å²) in [7, 11) is 0. The van der Waals surface area contributed by atoms with E-state index in [0.29, 0.717) is 12.5 Å². The molecule has 2 unspecified atom stereocenters. The Morgan fingerprint density at radius 3 is 2.40 bits per heavy atom. The maximum Gasteiger partial charge on any atom is 0.131 e. The van der Waals surface area contributed by atoms with Gasteiger partial charge in [-0.2, -0.15) is 0 Å². The van der Waals surface area contributed by atoms with Crippen molar-refractivity contribution < 1.29 is 4.74 Å². The highest BCUT2D eigenvalue weighted by molar-refractivity contribution is 9.09. The second-order valence-electron chi connectivity index (χ2n) is 7.07. The highest BCUT2D eigenvalue weighted by atomic mass is 79.9. The predicted octanol–water partition coefficient (Wildman–Crippen LogP) is 5.58. The lowest BCUT2D eigenvalue weighted by Gasteiger charge is -2.47. The normalized spacial score (nSPS) is 22.6. The molecular weight excluding hydrogens is 374 g/mol. The maximum absolute atomic E-state index is 6.53. The molecular formula is C22H28BrNO. The van der Waals surface area contributed by atoms with Crippen molar-refractivity contribution in [3.8, 4) is 0 Å². The van der Waals surface area contributed by atoms with Gasteiger partial charge in [0.05, 0.1) is 6.61 Å². The fourth-order valence-corrected chi connectivity index (χ4v) is 4.48. The van der Waals surface area contributed by atoms with Gasteiger partial charge in [0.15, 0.2) is 0 Å². The minimum Gasteiger partial charge on any atom is -0.355 e. The molecule has 0 saturated carbocycles. The van der Waals surface area contributed by atoms with Crippen LogP contribution in [0.3, 0.4) is 0 Å². The molecule has 0 aliphatic carbocycles. The molecule has 1 aliphatic rings. The average molecular weight is 402 g/mol. The molecule has 1 fully saturated rings. The summed E-state index contributed by atoms with van der Waals surface area (Å²) in [5, 5.41) is 0.855. The van der Waals surface area contributed by atoms with Crippen molar-refractivity contribution >= 4 is 15.9 Å². The number of rotatable bonds is 7. The molecule has 2 nitrogen and oxygen atoms in total. The lowest BCUT2D eigenvalue weighted by Crippen LogP contribution is -2.56. The minimum atomic E-state index is -0.197. The van der Waals surface area contributed by atoms with Crippen molar-refractivity contribution in [1.82, 2.24) is 4.90 Å². The number of alkyl halides is 1. The van der Waals surface area contributed by atoms with Gasteiger partial charge < -0.3 is 4.74 Å². The molecule has 1 aliphatic heterocycles. The minimum absolute atomic E-state index is 0.197.